The molecule has 1 atom stereocenters. The van der Waals surface area contributed by atoms with Gasteiger partial charge in [0.15, 0.2) is 17.6 Å². The molecule has 1 N–H and O–H groups in total. The average Bonchev–Trinajstić information content (AvgIpc) is 2.86. The Balaban J connectivity index is 1.74. The van der Waals surface area contributed by atoms with Crippen molar-refractivity contribution in [1.29, 1.82) is 5.26 Å². The first kappa shape index (κ1) is 25.8. The van der Waals surface area contributed by atoms with Crippen molar-refractivity contribution in [3.05, 3.63) is 82.2 Å². The minimum Gasteiger partial charge on any atom is -0.493 e. The quantitative estimate of drug-likeness (QED) is 0.121. The van der Waals surface area contributed by atoms with Crippen LogP contribution in [0.3, 0.4) is 0 Å². The van der Waals surface area contributed by atoms with E-state index in [1.165, 1.54) is 50.5 Å². The molecule has 1 aromatic heterocycles. The molecule has 36 heavy (non-hydrogen) atoms. The van der Waals surface area contributed by atoms with Crippen molar-refractivity contribution in [2.24, 2.45) is 0 Å². The van der Waals surface area contributed by atoms with Crippen molar-refractivity contribution in [3.8, 4) is 23.3 Å². The van der Waals surface area contributed by atoms with Gasteiger partial charge in [-0.15, -0.1) is 6.58 Å². The fourth-order valence-electron chi connectivity index (χ4n) is 3.26. The summed E-state index contributed by atoms with van der Waals surface area (Å²) < 4.78 is 21.6. The Morgan fingerprint density at radius 1 is 1.19 bits per heavy atom. The third kappa shape index (κ3) is 6.18. The summed E-state index contributed by atoms with van der Waals surface area (Å²) in [5.41, 5.74) is 1.03. The lowest BCUT2D eigenvalue weighted by molar-refractivity contribution is -0.141. The molecule has 0 aliphatic rings. The minimum absolute atomic E-state index is 0.105. The van der Waals surface area contributed by atoms with Crippen molar-refractivity contribution < 1.29 is 28.2 Å². The topological polar surface area (TPSA) is 128 Å². The van der Waals surface area contributed by atoms with Gasteiger partial charge in [0.1, 0.15) is 23.0 Å². The SMILES string of the molecule is C=CCNC(=O)/C(C#N)=C/c1ccc(OC(=O)[C@@H](C)Oc2ccc3c(C)cc(=O)oc3c2)c(OC)c1. The molecule has 1 heterocycles. The molecular weight excluding hydrogens is 464 g/mol. The Morgan fingerprint density at radius 2 is 1.97 bits per heavy atom. The van der Waals surface area contributed by atoms with Crippen molar-refractivity contribution in [3.63, 3.8) is 0 Å². The van der Waals surface area contributed by atoms with E-state index in [0.29, 0.717) is 16.9 Å². The van der Waals surface area contributed by atoms with Crippen LogP contribution in [0.2, 0.25) is 0 Å². The number of methoxy groups -OCH3 is 1. The fourth-order valence-corrected chi connectivity index (χ4v) is 3.26. The molecule has 0 unspecified atom stereocenters. The number of hydrogen-bond donors (Lipinski definition) is 1. The normalized spacial score (nSPS) is 11.8. The van der Waals surface area contributed by atoms with Crippen LogP contribution >= 0.6 is 0 Å². The molecule has 184 valence electrons. The average molecular weight is 488 g/mol. The number of ether oxygens (including phenoxy) is 3. The highest BCUT2D eigenvalue weighted by Gasteiger charge is 2.20. The van der Waals surface area contributed by atoms with Gasteiger partial charge in [-0.25, -0.2) is 9.59 Å². The lowest BCUT2D eigenvalue weighted by Gasteiger charge is -2.16. The smallest absolute Gasteiger partial charge is 0.352 e. The zero-order valence-electron chi connectivity index (χ0n) is 20.0. The molecule has 0 spiro atoms. The summed E-state index contributed by atoms with van der Waals surface area (Å²) >= 11 is 0. The summed E-state index contributed by atoms with van der Waals surface area (Å²) in [5, 5.41) is 12.6. The zero-order chi connectivity index (χ0) is 26.2. The predicted molar refractivity (Wildman–Crippen MR) is 133 cm³/mol. The number of nitriles is 1. The second-order valence-electron chi connectivity index (χ2n) is 7.67. The molecule has 3 aromatic rings. The Bertz CT molecular complexity index is 1450. The number of carbonyl (C=O) groups excluding carboxylic acids is 2. The van der Waals surface area contributed by atoms with Gasteiger partial charge in [-0.05, 0) is 55.3 Å². The van der Waals surface area contributed by atoms with Gasteiger partial charge in [0.25, 0.3) is 5.91 Å². The Kier molecular flexibility index (Phi) is 8.26. The molecule has 0 aliphatic heterocycles. The summed E-state index contributed by atoms with van der Waals surface area (Å²) in [6.07, 6.45) is 1.89. The molecule has 9 nitrogen and oxygen atoms in total. The second-order valence-corrected chi connectivity index (χ2v) is 7.67. The number of rotatable bonds is 9. The molecule has 0 radical (unpaired) electrons. The highest BCUT2D eigenvalue weighted by atomic mass is 16.6. The molecule has 9 heteroatoms. The molecule has 1 amide bonds. The lowest BCUT2D eigenvalue weighted by atomic mass is 10.1. The van der Waals surface area contributed by atoms with E-state index in [-0.39, 0.29) is 23.6 Å². The summed E-state index contributed by atoms with van der Waals surface area (Å²) in [6.45, 7) is 7.05. The zero-order valence-corrected chi connectivity index (χ0v) is 20.0. The van der Waals surface area contributed by atoms with E-state index in [2.05, 4.69) is 11.9 Å². The first-order chi connectivity index (χ1) is 17.2. The van der Waals surface area contributed by atoms with Gasteiger partial charge >= 0.3 is 11.6 Å². The number of nitrogens with one attached hydrogen (secondary N) is 1. The van der Waals surface area contributed by atoms with Gasteiger partial charge in [0, 0.05) is 24.1 Å². The van der Waals surface area contributed by atoms with Gasteiger partial charge < -0.3 is 23.9 Å². The number of aryl methyl sites for hydroxylation is 1. The van der Waals surface area contributed by atoms with E-state index in [4.69, 9.17) is 18.6 Å². The molecular formula is C27H24N2O7. The van der Waals surface area contributed by atoms with Crippen molar-refractivity contribution in [2.75, 3.05) is 13.7 Å². The third-order valence-electron chi connectivity index (χ3n) is 5.05. The Morgan fingerprint density at radius 3 is 2.67 bits per heavy atom. The fraction of sp³-hybridized carbons (Fsp3) is 0.185. The van der Waals surface area contributed by atoms with E-state index in [0.717, 1.165) is 10.9 Å². The molecule has 2 aromatic carbocycles. The number of esters is 1. The molecule has 3 rings (SSSR count). The molecule has 0 saturated carbocycles. The first-order valence-electron chi connectivity index (χ1n) is 10.9. The maximum atomic E-state index is 12.7. The summed E-state index contributed by atoms with van der Waals surface area (Å²) in [5.74, 6) is -0.558. The molecule has 0 fully saturated rings. The first-order valence-corrected chi connectivity index (χ1v) is 10.9. The van der Waals surface area contributed by atoms with Crippen LogP contribution in [-0.2, 0) is 9.59 Å². The minimum atomic E-state index is -0.998. The second kappa shape index (κ2) is 11.5. The number of fused-ring (bicyclic) bond motifs is 1. The summed E-state index contributed by atoms with van der Waals surface area (Å²) in [7, 11) is 1.40. The van der Waals surface area contributed by atoms with E-state index < -0.39 is 23.6 Å². The monoisotopic (exact) mass is 488 g/mol. The standard InChI is InChI=1S/C27H24N2O7/c1-5-10-29-26(31)19(15-28)12-18-6-9-22(24(13-18)33-4)36-27(32)17(3)34-20-7-8-21-16(2)11-25(30)35-23(21)14-20/h5-9,11-14,17H,1,10H2,2-4H3,(H,29,31)/b19-12+/t17-/m1/s1. The number of amides is 1. The highest BCUT2D eigenvalue weighted by molar-refractivity contribution is 6.01. The number of hydrogen-bond acceptors (Lipinski definition) is 8. The van der Waals surface area contributed by atoms with Crippen LogP contribution < -0.4 is 25.2 Å². The van der Waals surface area contributed by atoms with Gasteiger partial charge in [0.05, 0.1) is 7.11 Å². The van der Waals surface area contributed by atoms with Crippen LogP contribution in [0.4, 0.5) is 0 Å². The highest BCUT2D eigenvalue weighted by Crippen LogP contribution is 2.30. The van der Waals surface area contributed by atoms with Crippen LogP contribution in [0.15, 0.2) is 69.9 Å². The predicted octanol–water partition coefficient (Wildman–Crippen LogP) is 3.69. The Hall–Kier alpha value is -4.84. The number of benzene rings is 2. The summed E-state index contributed by atoms with van der Waals surface area (Å²) in [6, 6.07) is 12.8. The van der Waals surface area contributed by atoms with Crippen LogP contribution in [0.1, 0.15) is 18.1 Å². The van der Waals surface area contributed by atoms with Gasteiger partial charge in [-0.3, -0.25) is 4.79 Å². The van der Waals surface area contributed by atoms with Gasteiger partial charge in [-0.1, -0.05) is 12.1 Å². The lowest BCUT2D eigenvalue weighted by Crippen LogP contribution is -2.28. The van der Waals surface area contributed by atoms with Gasteiger partial charge in [-0.2, -0.15) is 5.26 Å². The van der Waals surface area contributed by atoms with Crippen LogP contribution in [-0.4, -0.2) is 31.6 Å². The van der Waals surface area contributed by atoms with Crippen molar-refractivity contribution in [1.82, 2.24) is 5.32 Å². The molecule has 0 saturated heterocycles. The maximum absolute atomic E-state index is 12.7. The number of nitrogens with zero attached hydrogens (tertiary/aromatic N) is 1. The van der Waals surface area contributed by atoms with Gasteiger partial charge in [0.2, 0.25) is 0 Å². The third-order valence-corrected chi connectivity index (χ3v) is 5.05. The van der Waals surface area contributed by atoms with Crippen molar-refractivity contribution >= 4 is 28.9 Å². The van der Waals surface area contributed by atoms with Crippen LogP contribution in [0, 0.1) is 18.3 Å². The largest absolute Gasteiger partial charge is 0.493 e. The van der Waals surface area contributed by atoms with E-state index >= 15 is 0 Å². The van der Waals surface area contributed by atoms with E-state index in [1.54, 1.807) is 25.1 Å². The van der Waals surface area contributed by atoms with Crippen molar-refractivity contribution in [2.45, 2.75) is 20.0 Å². The molecule has 0 aliphatic carbocycles. The van der Waals surface area contributed by atoms with Crippen LogP contribution in [0.5, 0.6) is 17.2 Å². The number of carbonyl (C=O) groups is 2. The Labute approximate surface area is 207 Å². The summed E-state index contributed by atoms with van der Waals surface area (Å²) in [4.78, 5) is 36.4. The molecule has 0 bridgehead atoms. The van der Waals surface area contributed by atoms with E-state index in [9.17, 15) is 19.6 Å². The maximum Gasteiger partial charge on any atom is 0.352 e. The van der Waals surface area contributed by atoms with E-state index in [1.807, 2.05) is 6.07 Å². The van der Waals surface area contributed by atoms with Crippen LogP contribution in [0.25, 0.3) is 17.0 Å².